The van der Waals surface area contributed by atoms with Crippen molar-refractivity contribution in [1.82, 2.24) is 14.4 Å². The zero-order valence-electron chi connectivity index (χ0n) is 17.0. The Labute approximate surface area is 189 Å². The van der Waals surface area contributed by atoms with Gasteiger partial charge in [0.25, 0.3) is 0 Å². The van der Waals surface area contributed by atoms with Gasteiger partial charge in [-0.05, 0) is 37.3 Å². The molecule has 0 saturated heterocycles. The number of methoxy groups -OCH3 is 1. The van der Waals surface area contributed by atoms with Gasteiger partial charge in [0.2, 0.25) is 5.78 Å². The molecule has 0 aliphatic heterocycles. The van der Waals surface area contributed by atoms with Crippen LogP contribution in [-0.4, -0.2) is 27.8 Å². The Balaban J connectivity index is 0.000000254. The number of benzene rings is 2. The van der Waals surface area contributed by atoms with Gasteiger partial charge in [0, 0.05) is 46.3 Å². The number of nitrogens with two attached hydrogens (primary N) is 2. The number of rotatable bonds is 4. The molecule has 4 N–H and O–H groups in total. The molecule has 0 radical (unpaired) electrons. The molecule has 9 heteroatoms. The number of hydrogen-bond donors (Lipinski definition) is 2. The molecule has 7 nitrogen and oxygen atoms in total. The first-order valence-corrected chi connectivity index (χ1v) is 10.0. The van der Waals surface area contributed by atoms with E-state index in [4.69, 9.17) is 39.4 Å². The molecule has 0 atom stereocenters. The van der Waals surface area contributed by atoms with E-state index in [9.17, 15) is 4.79 Å². The lowest BCUT2D eigenvalue weighted by Gasteiger charge is -2.14. The molecule has 31 heavy (non-hydrogen) atoms. The van der Waals surface area contributed by atoms with Gasteiger partial charge >= 0.3 is 0 Å². The molecule has 2 aromatic heterocycles. The number of aldehydes is 1. The van der Waals surface area contributed by atoms with Crippen LogP contribution >= 0.6 is 23.2 Å². The van der Waals surface area contributed by atoms with Crippen molar-refractivity contribution in [3.05, 3.63) is 75.7 Å². The molecule has 0 bridgehead atoms. The van der Waals surface area contributed by atoms with Crippen LogP contribution in [-0.2, 0) is 6.54 Å². The van der Waals surface area contributed by atoms with Crippen LogP contribution in [0.4, 0.5) is 5.69 Å². The smallest absolute Gasteiger partial charge is 0.235 e. The Morgan fingerprint density at radius 1 is 1.16 bits per heavy atom. The molecule has 0 spiro atoms. The third-order valence-electron chi connectivity index (χ3n) is 4.54. The molecule has 0 fully saturated rings. The minimum atomic E-state index is 0.289. The van der Waals surface area contributed by atoms with Crippen molar-refractivity contribution >= 4 is 41.0 Å². The van der Waals surface area contributed by atoms with E-state index in [1.54, 1.807) is 35.9 Å². The second-order valence-electron chi connectivity index (χ2n) is 6.58. The standard InChI is InChI=1S/C15H12Cl2N4O.C7H9NO/c1-8-12(5-18)14(11-3-2-9(16)4-13(11)17)21-6-10(7-22)20-15(21)19-8;1-9-7-4-2-3-6(8)5-7/h2-4,6-7H,5,18H2,1H3;2-5H,8H2,1H3. The second-order valence-corrected chi connectivity index (χ2v) is 7.43. The predicted octanol–water partition coefficient (Wildman–Crippen LogP) is 4.56. The fourth-order valence-electron chi connectivity index (χ4n) is 3.08. The molecular formula is C22H21Cl2N5O2. The molecule has 4 rings (SSSR count). The summed E-state index contributed by atoms with van der Waals surface area (Å²) in [6.07, 6.45) is 2.30. The second kappa shape index (κ2) is 9.78. The summed E-state index contributed by atoms with van der Waals surface area (Å²) in [5, 5.41) is 1.04. The highest BCUT2D eigenvalue weighted by Crippen LogP contribution is 2.33. The highest BCUT2D eigenvalue weighted by molar-refractivity contribution is 6.36. The maximum absolute atomic E-state index is 11.0. The monoisotopic (exact) mass is 457 g/mol. The van der Waals surface area contributed by atoms with Crippen LogP contribution in [0.5, 0.6) is 5.75 Å². The number of imidazole rings is 1. The third kappa shape index (κ3) is 4.96. The number of halogens is 2. The predicted molar refractivity (Wildman–Crippen MR) is 124 cm³/mol. The van der Waals surface area contributed by atoms with E-state index in [1.807, 2.05) is 31.2 Å². The Hall–Kier alpha value is -3.13. The maximum atomic E-state index is 11.0. The van der Waals surface area contributed by atoms with Gasteiger partial charge < -0.3 is 16.2 Å². The van der Waals surface area contributed by atoms with Crippen LogP contribution in [0, 0.1) is 6.92 Å². The largest absolute Gasteiger partial charge is 0.497 e. The molecule has 0 unspecified atom stereocenters. The molecule has 0 saturated carbocycles. The van der Waals surface area contributed by atoms with E-state index in [0.29, 0.717) is 27.8 Å². The molecular weight excluding hydrogens is 437 g/mol. The van der Waals surface area contributed by atoms with Crippen molar-refractivity contribution in [3.8, 4) is 17.0 Å². The quantitative estimate of drug-likeness (QED) is 0.343. The van der Waals surface area contributed by atoms with Gasteiger partial charge in [-0.3, -0.25) is 9.20 Å². The fraction of sp³-hybridized carbons (Fsp3) is 0.136. The van der Waals surface area contributed by atoms with Crippen LogP contribution in [0.1, 0.15) is 21.7 Å². The summed E-state index contributed by atoms with van der Waals surface area (Å²) in [6, 6.07) is 12.5. The van der Waals surface area contributed by atoms with E-state index in [2.05, 4.69) is 9.97 Å². The zero-order valence-corrected chi connectivity index (χ0v) is 18.5. The van der Waals surface area contributed by atoms with E-state index < -0.39 is 0 Å². The Kier molecular flexibility index (Phi) is 7.12. The molecule has 4 aromatic rings. The van der Waals surface area contributed by atoms with E-state index in [0.717, 1.165) is 34.0 Å². The minimum Gasteiger partial charge on any atom is -0.497 e. The van der Waals surface area contributed by atoms with E-state index in [1.165, 1.54) is 0 Å². The number of ether oxygens (including phenoxy) is 1. The number of nitrogens with zero attached hydrogens (tertiary/aromatic N) is 3. The van der Waals surface area contributed by atoms with Gasteiger partial charge in [-0.15, -0.1) is 0 Å². The van der Waals surface area contributed by atoms with Crippen molar-refractivity contribution in [3.63, 3.8) is 0 Å². The zero-order chi connectivity index (χ0) is 22.5. The molecule has 0 aliphatic rings. The molecule has 2 heterocycles. The highest BCUT2D eigenvalue weighted by Gasteiger charge is 2.17. The van der Waals surface area contributed by atoms with Crippen LogP contribution < -0.4 is 16.2 Å². The van der Waals surface area contributed by atoms with Gasteiger partial charge in [0.15, 0.2) is 6.29 Å². The van der Waals surface area contributed by atoms with Crippen molar-refractivity contribution in [2.45, 2.75) is 13.5 Å². The number of fused-ring (bicyclic) bond motifs is 1. The summed E-state index contributed by atoms with van der Waals surface area (Å²) in [5.74, 6) is 1.23. The average Bonchev–Trinajstić information content (AvgIpc) is 3.16. The average molecular weight is 458 g/mol. The van der Waals surface area contributed by atoms with Crippen LogP contribution in [0.2, 0.25) is 10.0 Å². The summed E-state index contributed by atoms with van der Waals surface area (Å²) >= 11 is 12.3. The van der Waals surface area contributed by atoms with Crippen LogP contribution in [0.25, 0.3) is 17.0 Å². The van der Waals surface area contributed by atoms with Gasteiger partial charge in [-0.1, -0.05) is 29.3 Å². The Bertz CT molecular complexity index is 1240. The fourth-order valence-corrected chi connectivity index (χ4v) is 3.58. The normalized spacial score (nSPS) is 10.5. The number of anilines is 1. The maximum Gasteiger partial charge on any atom is 0.235 e. The summed E-state index contributed by atoms with van der Waals surface area (Å²) in [5.41, 5.74) is 15.5. The molecule has 160 valence electrons. The van der Waals surface area contributed by atoms with Crippen molar-refractivity contribution in [1.29, 1.82) is 0 Å². The topological polar surface area (TPSA) is 109 Å². The van der Waals surface area contributed by atoms with Crippen molar-refractivity contribution in [2.75, 3.05) is 12.8 Å². The minimum absolute atomic E-state index is 0.289. The SMILES string of the molecule is COc1cccc(N)c1.Cc1nc2nc(C=O)cn2c(-c2ccc(Cl)cc2Cl)c1CN. The Morgan fingerprint density at radius 2 is 1.94 bits per heavy atom. The van der Waals surface area contributed by atoms with Gasteiger partial charge in [-0.2, -0.15) is 0 Å². The first-order chi connectivity index (χ1) is 14.9. The van der Waals surface area contributed by atoms with Crippen molar-refractivity contribution < 1.29 is 9.53 Å². The summed E-state index contributed by atoms with van der Waals surface area (Å²) in [7, 11) is 1.62. The number of hydrogen-bond acceptors (Lipinski definition) is 6. The number of carbonyl (C=O) groups excluding carboxylic acids is 1. The third-order valence-corrected chi connectivity index (χ3v) is 5.09. The first kappa shape index (κ1) is 22.6. The first-order valence-electron chi connectivity index (χ1n) is 9.26. The number of carbonyl (C=O) groups is 1. The van der Waals surface area contributed by atoms with Crippen LogP contribution in [0.15, 0.2) is 48.7 Å². The van der Waals surface area contributed by atoms with E-state index >= 15 is 0 Å². The lowest BCUT2D eigenvalue weighted by Crippen LogP contribution is -2.08. The van der Waals surface area contributed by atoms with Gasteiger partial charge in [0.1, 0.15) is 11.4 Å². The lowest BCUT2D eigenvalue weighted by atomic mass is 10.0. The molecule has 0 aliphatic carbocycles. The highest BCUT2D eigenvalue weighted by atomic mass is 35.5. The summed E-state index contributed by atoms with van der Waals surface area (Å²) < 4.78 is 6.65. The lowest BCUT2D eigenvalue weighted by molar-refractivity contribution is 0.111. The summed E-state index contributed by atoms with van der Waals surface area (Å²) in [6.45, 7) is 2.14. The molecule has 2 aromatic carbocycles. The van der Waals surface area contributed by atoms with Crippen LogP contribution in [0.3, 0.4) is 0 Å². The number of aromatic nitrogens is 3. The van der Waals surface area contributed by atoms with Gasteiger partial charge in [0.05, 0.1) is 17.8 Å². The number of nitrogen functional groups attached to an aromatic ring is 1. The summed E-state index contributed by atoms with van der Waals surface area (Å²) in [4.78, 5) is 19.6. The van der Waals surface area contributed by atoms with Crippen molar-refractivity contribution in [2.24, 2.45) is 5.73 Å². The van der Waals surface area contributed by atoms with E-state index in [-0.39, 0.29) is 6.54 Å². The van der Waals surface area contributed by atoms with Gasteiger partial charge in [-0.25, -0.2) is 9.97 Å². The Morgan fingerprint density at radius 3 is 2.52 bits per heavy atom. The molecule has 0 amide bonds. The number of aryl methyl sites for hydroxylation is 1.